The predicted octanol–water partition coefficient (Wildman–Crippen LogP) is -1.45. The van der Waals surface area contributed by atoms with Crippen LogP contribution in [0.1, 0.15) is 5.56 Å². The smallest absolute Gasteiger partial charge is 0.316 e. The standard InChI is InChI=1S/C9H12N.Li/c1-10(2)8-9-6-4-3-5-7-9;/h3-4,6-7H,8H2,1-2H3;/q-1;+1. The first-order valence-corrected chi connectivity index (χ1v) is 3.39. The minimum atomic E-state index is 0. The van der Waals surface area contributed by atoms with Gasteiger partial charge in [0.25, 0.3) is 0 Å². The third kappa shape index (κ3) is 4.26. The first kappa shape index (κ1) is 10.8. The summed E-state index contributed by atoms with van der Waals surface area (Å²) in [5, 5.41) is 0. The molecule has 1 aromatic carbocycles. The molecule has 0 aliphatic heterocycles. The van der Waals surface area contributed by atoms with Crippen molar-refractivity contribution in [3.8, 4) is 0 Å². The van der Waals surface area contributed by atoms with Gasteiger partial charge in [-0.25, -0.2) is 0 Å². The van der Waals surface area contributed by atoms with E-state index in [-0.39, 0.29) is 18.9 Å². The van der Waals surface area contributed by atoms with Gasteiger partial charge in [0.1, 0.15) is 0 Å². The number of nitrogens with zero attached hydrogens (tertiary/aromatic N) is 1. The molecule has 1 rings (SSSR count). The second-order valence-corrected chi connectivity index (χ2v) is 2.65. The summed E-state index contributed by atoms with van der Waals surface area (Å²) < 4.78 is 0. The maximum Gasteiger partial charge on any atom is 1.00 e. The minimum Gasteiger partial charge on any atom is -0.316 e. The van der Waals surface area contributed by atoms with E-state index in [1.54, 1.807) is 0 Å². The van der Waals surface area contributed by atoms with Crippen LogP contribution in [0.15, 0.2) is 24.3 Å². The Kier molecular flexibility index (Phi) is 5.32. The molecule has 0 amide bonds. The van der Waals surface area contributed by atoms with E-state index in [0.717, 1.165) is 6.54 Å². The Balaban J connectivity index is 0.000001000. The molecule has 0 radical (unpaired) electrons. The maximum atomic E-state index is 3.04. The topological polar surface area (TPSA) is 3.24 Å². The van der Waals surface area contributed by atoms with Crippen LogP contribution in [0.4, 0.5) is 0 Å². The van der Waals surface area contributed by atoms with Crippen molar-refractivity contribution in [2.24, 2.45) is 0 Å². The Morgan fingerprint density at radius 2 is 2.18 bits per heavy atom. The van der Waals surface area contributed by atoms with Crippen LogP contribution < -0.4 is 18.9 Å². The van der Waals surface area contributed by atoms with Crippen molar-refractivity contribution < 1.29 is 18.9 Å². The second kappa shape index (κ2) is 5.43. The molecule has 0 N–H and O–H groups in total. The summed E-state index contributed by atoms with van der Waals surface area (Å²) in [4.78, 5) is 2.14. The zero-order chi connectivity index (χ0) is 7.40. The average Bonchev–Trinajstić information content (AvgIpc) is 1.88. The summed E-state index contributed by atoms with van der Waals surface area (Å²) in [5.74, 6) is 0. The van der Waals surface area contributed by atoms with Crippen LogP contribution in [-0.2, 0) is 6.54 Å². The van der Waals surface area contributed by atoms with E-state index in [9.17, 15) is 0 Å². The molecule has 0 aromatic heterocycles. The molecule has 1 aromatic rings. The fraction of sp³-hybridized carbons (Fsp3) is 0.333. The van der Waals surface area contributed by atoms with Gasteiger partial charge < -0.3 is 4.90 Å². The first-order valence-electron chi connectivity index (χ1n) is 3.39. The third-order valence-electron chi connectivity index (χ3n) is 1.27. The van der Waals surface area contributed by atoms with Crippen molar-refractivity contribution in [3.63, 3.8) is 0 Å². The summed E-state index contributed by atoms with van der Waals surface area (Å²) in [6.45, 7) is 0.997. The maximum absolute atomic E-state index is 3.04. The van der Waals surface area contributed by atoms with Gasteiger partial charge in [-0.1, -0.05) is 0 Å². The Hall–Kier alpha value is -0.223. The number of hydrogen-bond donors (Lipinski definition) is 0. The molecular weight excluding hydrogens is 129 g/mol. The van der Waals surface area contributed by atoms with Gasteiger partial charge in [-0.3, -0.25) is 0 Å². The fourth-order valence-electron chi connectivity index (χ4n) is 0.894. The molecule has 11 heavy (non-hydrogen) atoms. The van der Waals surface area contributed by atoms with E-state index in [1.807, 2.05) is 18.2 Å². The summed E-state index contributed by atoms with van der Waals surface area (Å²) in [6, 6.07) is 11.1. The molecule has 0 saturated carbocycles. The van der Waals surface area contributed by atoms with E-state index in [1.165, 1.54) is 5.56 Å². The van der Waals surface area contributed by atoms with Crippen LogP contribution in [0.5, 0.6) is 0 Å². The summed E-state index contributed by atoms with van der Waals surface area (Å²) in [5.41, 5.74) is 1.31. The Labute approximate surface area is 80.6 Å². The molecule has 0 heterocycles. The summed E-state index contributed by atoms with van der Waals surface area (Å²) in [7, 11) is 4.12. The molecule has 0 spiro atoms. The van der Waals surface area contributed by atoms with Crippen molar-refractivity contribution in [2.45, 2.75) is 6.54 Å². The van der Waals surface area contributed by atoms with Crippen molar-refractivity contribution in [1.29, 1.82) is 0 Å². The zero-order valence-corrected chi connectivity index (χ0v) is 7.46. The first-order chi connectivity index (χ1) is 4.79. The largest absolute Gasteiger partial charge is 1.00 e. The molecular formula is C9H12LiN. The number of benzene rings is 1. The van der Waals surface area contributed by atoms with Gasteiger partial charge in [-0.15, -0.1) is 5.56 Å². The molecule has 2 heteroatoms. The van der Waals surface area contributed by atoms with Gasteiger partial charge in [0.2, 0.25) is 0 Å². The minimum absolute atomic E-state index is 0. The van der Waals surface area contributed by atoms with E-state index in [0.29, 0.717) is 0 Å². The summed E-state index contributed by atoms with van der Waals surface area (Å²) >= 11 is 0. The van der Waals surface area contributed by atoms with Gasteiger partial charge in [0.05, 0.1) is 0 Å². The molecule has 0 aliphatic rings. The molecule has 0 atom stereocenters. The van der Waals surface area contributed by atoms with Crippen LogP contribution in [0, 0.1) is 6.07 Å². The van der Waals surface area contributed by atoms with Crippen molar-refractivity contribution >= 4 is 0 Å². The van der Waals surface area contributed by atoms with Crippen molar-refractivity contribution in [1.82, 2.24) is 4.90 Å². The molecule has 0 fully saturated rings. The van der Waals surface area contributed by atoms with E-state index < -0.39 is 0 Å². The second-order valence-electron chi connectivity index (χ2n) is 2.65. The van der Waals surface area contributed by atoms with Crippen molar-refractivity contribution in [3.05, 3.63) is 35.9 Å². The van der Waals surface area contributed by atoms with E-state index >= 15 is 0 Å². The van der Waals surface area contributed by atoms with Crippen LogP contribution in [0.2, 0.25) is 0 Å². The molecule has 0 bridgehead atoms. The van der Waals surface area contributed by atoms with Gasteiger partial charge in [-0.05, 0) is 20.6 Å². The van der Waals surface area contributed by atoms with E-state index in [4.69, 9.17) is 0 Å². The summed E-state index contributed by atoms with van der Waals surface area (Å²) in [6.07, 6.45) is 0. The van der Waals surface area contributed by atoms with Crippen LogP contribution in [-0.4, -0.2) is 19.0 Å². The van der Waals surface area contributed by atoms with Crippen LogP contribution in [0.25, 0.3) is 0 Å². The third-order valence-corrected chi connectivity index (χ3v) is 1.27. The van der Waals surface area contributed by atoms with E-state index in [2.05, 4.69) is 31.1 Å². The Bertz CT molecular complexity index is 184. The number of rotatable bonds is 2. The van der Waals surface area contributed by atoms with Crippen LogP contribution in [0.3, 0.4) is 0 Å². The fourth-order valence-corrected chi connectivity index (χ4v) is 0.894. The SMILES string of the molecule is CN(C)Cc1c[c-]ccc1.[Li+]. The monoisotopic (exact) mass is 141 g/mol. The Morgan fingerprint density at radius 3 is 2.64 bits per heavy atom. The van der Waals surface area contributed by atoms with Gasteiger partial charge >= 0.3 is 18.9 Å². The molecule has 54 valence electrons. The zero-order valence-electron chi connectivity index (χ0n) is 7.46. The van der Waals surface area contributed by atoms with Crippen molar-refractivity contribution in [2.75, 3.05) is 14.1 Å². The normalized spacial score (nSPS) is 9.36. The van der Waals surface area contributed by atoms with Crippen LogP contribution >= 0.6 is 0 Å². The molecule has 0 aliphatic carbocycles. The predicted molar refractivity (Wildman–Crippen MR) is 42.7 cm³/mol. The molecule has 1 nitrogen and oxygen atoms in total. The van der Waals surface area contributed by atoms with Gasteiger partial charge in [-0.2, -0.15) is 30.3 Å². The quantitative estimate of drug-likeness (QED) is 0.360. The Morgan fingerprint density at radius 1 is 1.45 bits per heavy atom. The van der Waals surface area contributed by atoms with Gasteiger partial charge in [0, 0.05) is 0 Å². The number of hydrogen-bond acceptors (Lipinski definition) is 1. The van der Waals surface area contributed by atoms with Gasteiger partial charge in [0.15, 0.2) is 0 Å². The molecule has 0 unspecified atom stereocenters. The molecule has 0 saturated heterocycles. The average molecular weight is 141 g/mol.